The number of hydrogen-bond donors (Lipinski definition) is 1. The summed E-state index contributed by atoms with van der Waals surface area (Å²) in [5.41, 5.74) is 2.81. The molecule has 4 rings (SSSR count). The number of rotatable bonds is 8. The lowest BCUT2D eigenvalue weighted by Crippen LogP contribution is -2.55. The molecule has 9 nitrogen and oxygen atoms in total. The number of benzene rings is 2. The van der Waals surface area contributed by atoms with E-state index in [-0.39, 0.29) is 16.4 Å². The first-order valence-electron chi connectivity index (χ1n) is 11.5. The number of nitrogens with zero attached hydrogens (tertiary/aromatic N) is 3. The van der Waals surface area contributed by atoms with Crippen LogP contribution in [0.15, 0.2) is 50.5 Å². The maximum atomic E-state index is 13.4. The molecule has 0 spiro atoms. The van der Waals surface area contributed by atoms with Crippen LogP contribution in [-0.2, 0) is 21.9 Å². The molecule has 2 heterocycles. The molecule has 0 aliphatic carbocycles. The summed E-state index contributed by atoms with van der Waals surface area (Å²) in [5, 5.41) is 0.661. The van der Waals surface area contributed by atoms with Crippen molar-refractivity contribution in [3.63, 3.8) is 0 Å². The van der Waals surface area contributed by atoms with E-state index in [4.69, 9.17) is 16.0 Å². The second-order valence-electron chi connectivity index (χ2n) is 8.76. The van der Waals surface area contributed by atoms with Crippen molar-refractivity contribution < 1.29 is 17.6 Å². The smallest absolute Gasteiger partial charge is 0.408 e. The highest BCUT2D eigenvalue weighted by molar-refractivity contribution is 7.98. The van der Waals surface area contributed by atoms with E-state index in [1.807, 2.05) is 31.4 Å². The fourth-order valence-corrected chi connectivity index (χ4v) is 6.19. The minimum atomic E-state index is -4.04. The molecule has 3 aromatic rings. The van der Waals surface area contributed by atoms with Crippen molar-refractivity contribution in [2.45, 2.75) is 24.3 Å². The Kier molecular flexibility index (Phi) is 8.03. The Hall–Kier alpha value is -2.47. The van der Waals surface area contributed by atoms with Gasteiger partial charge < -0.3 is 14.2 Å². The summed E-state index contributed by atoms with van der Waals surface area (Å²) in [6.45, 7) is 4.22. The van der Waals surface area contributed by atoms with Gasteiger partial charge in [-0.25, -0.2) is 13.2 Å². The lowest BCUT2D eigenvalue weighted by atomic mass is 10.1. The third-order valence-electron chi connectivity index (χ3n) is 6.38. The van der Waals surface area contributed by atoms with E-state index in [1.165, 1.54) is 22.8 Å². The van der Waals surface area contributed by atoms with Gasteiger partial charge in [-0.15, -0.1) is 0 Å². The zero-order chi connectivity index (χ0) is 26.0. The van der Waals surface area contributed by atoms with Crippen LogP contribution < -0.4 is 15.4 Å². The molecule has 1 fully saturated rings. The number of carbonyl (C=O) groups is 1. The highest BCUT2D eigenvalue weighted by Crippen LogP contribution is 2.26. The van der Waals surface area contributed by atoms with Crippen molar-refractivity contribution in [2.75, 3.05) is 43.1 Å². The molecule has 36 heavy (non-hydrogen) atoms. The number of carbonyl (C=O) groups excluding carboxylic acids is 1. The number of amides is 1. The second-order valence-corrected chi connectivity index (χ2v) is 11.9. The van der Waals surface area contributed by atoms with Gasteiger partial charge in [0, 0.05) is 50.0 Å². The third kappa shape index (κ3) is 5.59. The van der Waals surface area contributed by atoms with Crippen LogP contribution in [0.5, 0.6) is 0 Å². The highest BCUT2D eigenvalue weighted by Gasteiger charge is 2.31. The lowest BCUT2D eigenvalue weighted by molar-refractivity contribution is -0.133. The summed E-state index contributed by atoms with van der Waals surface area (Å²) in [4.78, 5) is 29.0. The number of sulfonamides is 1. The number of piperazine rings is 1. The first-order valence-corrected chi connectivity index (χ1v) is 14.8. The van der Waals surface area contributed by atoms with E-state index in [0.717, 1.165) is 11.3 Å². The molecule has 0 saturated carbocycles. The van der Waals surface area contributed by atoms with Crippen LogP contribution in [0.25, 0.3) is 11.1 Å². The predicted octanol–water partition coefficient (Wildman–Crippen LogP) is 2.84. The van der Waals surface area contributed by atoms with Gasteiger partial charge in [-0.05, 0) is 55.2 Å². The monoisotopic (exact) mass is 552 g/mol. The van der Waals surface area contributed by atoms with Gasteiger partial charge in [-0.2, -0.15) is 16.5 Å². The summed E-state index contributed by atoms with van der Waals surface area (Å²) in [6.07, 6.45) is 2.27. The molecule has 1 aromatic heterocycles. The average molecular weight is 553 g/mol. The molecular formula is C24H29ClN4O5S2. The van der Waals surface area contributed by atoms with E-state index in [2.05, 4.69) is 9.62 Å². The SMILES string of the molecule is CSCC[C@H](NS(=O)(=O)c1ccc2c(c1)oc(=O)n2C)C(=O)N1CCN(c2cc(Cl)ccc2C)CC1. The Morgan fingerprint density at radius 2 is 1.89 bits per heavy atom. The summed E-state index contributed by atoms with van der Waals surface area (Å²) in [6, 6.07) is 9.08. The molecular weight excluding hydrogens is 524 g/mol. The maximum absolute atomic E-state index is 13.4. The average Bonchev–Trinajstić information content (AvgIpc) is 3.15. The highest BCUT2D eigenvalue weighted by atomic mass is 35.5. The van der Waals surface area contributed by atoms with Gasteiger partial charge in [-0.1, -0.05) is 17.7 Å². The number of thioether (sulfide) groups is 1. The van der Waals surface area contributed by atoms with Gasteiger partial charge >= 0.3 is 5.76 Å². The Bertz CT molecular complexity index is 1430. The van der Waals surface area contributed by atoms with Gasteiger partial charge in [-0.3, -0.25) is 9.36 Å². The second kappa shape index (κ2) is 10.9. The minimum absolute atomic E-state index is 0.0625. The van der Waals surface area contributed by atoms with Crippen molar-refractivity contribution in [1.29, 1.82) is 0 Å². The molecule has 1 amide bonds. The predicted molar refractivity (Wildman–Crippen MR) is 144 cm³/mol. The molecule has 2 aromatic carbocycles. The standard InChI is InChI=1S/C24H29ClN4O5S2/c1-16-4-5-17(25)14-21(16)28-9-11-29(12-10-28)23(30)19(8-13-35-3)26-36(32,33)18-6-7-20-22(15-18)34-24(31)27(20)2/h4-7,14-15,19,26H,8-13H2,1-3H3/t19-/m0/s1. The Labute approximate surface area is 219 Å². The van der Waals surface area contributed by atoms with E-state index < -0.39 is 21.8 Å². The molecule has 1 aliphatic heterocycles. The van der Waals surface area contributed by atoms with Crippen molar-refractivity contribution in [1.82, 2.24) is 14.2 Å². The van der Waals surface area contributed by atoms with Gasteiger partial charge in [0.1, 0.15) is 6.04 Å². The number of halogens is 1. The van der Waals surface area contributed by atoms with Gasteiger partial charge in [0.15, 0.2) is 5.58 Å². The topological polar surface area (TPSA) is 105 Å². The lowest BCUT2D eigenvalue weighted by Gasteiger charge is -2.38. The van der Waals surface area contributed by atoms with Crippen molar-refractivity contribution in [3.05, 3.63) is 57.5 Å². The number of nitrogens with one attached hydrogen (secondary N) is 1. The minimum Gasteiger partial charge on any atom is -0.408 e. The zero-order valence-corrected chi connectivity index (χ0v) is 22.8. The van der Waals surface area contributed by atoms with Crippen molar-refractivity contribution in [3.8, 4) is 0 Å². The van der Waals surface area contributed by atoms with E-state index in [9.17, 15) is 18.0 Å². The van der Waals surface area contributed by atoms with Crippen molar-refractivity contribution >= 4 is 56.1 Å². The largest absolute Gasteiger partial charge is 0.419 e. The molecule has 194 valence electrons. The zero-order valence-electron chi connectivity index (χ0n) is 20.4. The van der Waals surface area contributed by atoms with Crippen LogP contribution in [0.2, 0.25) is 5.02 Å². The molecule has 0 bridgehead atoms. The van der Waals surface area contributed by atoms with Crippen molar-refractivity contribution in [2.24, 2.45) is 7.05 Å². The van der Waals surface area contributed by atoms with Crippen LogP contribution in [-0.4, -0.2) is 68.0 Å². The number of aromatic nitrogens is 1. The normalized spacial score (nSPS) is 15.4. The molecule has 0 radical (unpaired) electrons. The van der Waals surface area contributed by atoms with E-state index in [0.29, 0.717) is 48.9 Å². The van der Waals surface area contributed by atoms with Crippen LogP contribution in [0.4, 0.5) is 5.69 Å². The maximum Gasteiger partial charge on any atom is 0.419 e. The Morgan fingerprint density at radius 3 is 2.58 bits per heavy atom. The Balaban J connectivity index is 1.49. The molecule has 12 heteroatoms. The van der Waals surface area contributed by atoms with Gasteiger partial charge in [0.25, 0.3) is 0 Å². The number of hydrogen-bond acceptors (Lipinski definition) is 7. The quantitative estimate of drug-likeness (QED) is 0.458. The summed E-state index contributed by atoms with van der Waals surface area (Å²) in [7, 11) is -2.49. The first kappa shape index (κ1) is 26.6. The Morgan fingerprint density at radius 1 is 1.17 bits per heavy atom. The van der Waals surface area contributed by atoms with Gasteiger partial charge in [0.2, 0.25) is 15.9 Å². The van der Waals surface area contributed by atoms with Gasteiger partial charge in [0.05, 0.1) is 10.4 Å². The number of oxazole rings is 1. The van der Waals surface area contributed by atoms with Crippen LogP contribution in [0, 0.1) is 6.92 Å². The molecule has 1 atom stereocenters. The summed E-state index contributed by atoms with van der Waals surface area (Å²) < 4.78 is 35.4. The van der Waals surface area contributed by atoms with Crippen LogP contribution in [0.1, 0.15) is 12.0 Å². The third-order valence-corrected chi connectivity index (χ3v) is 8.73. The molecule has 1 N–H and O–H groups in total. The fraction of sp³-hybridized carbons (Fsp3) is 0.417. The van der Waals surface area contributed by atoms with E-state index >= 15 is 0 Å². The summed E-state index contributed by atoms with van der Waals surface area (Å²) in [5.74, 6) is -0.206. The number of fused-ring (bicyclic) bond motifs is 1. The number of anilines is 1. The molecule has 0 unspecified atom stereocenters. The summed E-state index contributed by atoms with van der Waals surface area (Å²) >= 11 is 7.72. The first-order chi connectivity index (χ1) is 17.1. The molecule has 1 aliphatic rings. The molecule has 1 saturated heterocycles. The van der Waals surface area contributed by atoms with E-state index in [1.54, 1.807) is 23.7 Å². The van der Waals surface area contributed by atoms with Crippen LogP contribution >= 0.6 is 23.4 Å². The fourth-order valence-electron chi connectivity index (χ4n) is 4.32. The van der Waals surface area contributed by atoms with Crippen LogP contribution in [0.3, 0.4) is 0 Å². The number of aryl methyl sites for hydroxylation is 2.